The van der Waals surface area contributed by atoms with Crippen molar-refractivity contribution in [3.8, 4) is 5.75 Å². The summed E-state index contributed by atoms with van der Waals surface area (Å²) in [4.78, 5) is 16.3. The number of anilines is 1. The molecule has 0 spiro atoms. The molecule has 26 heavy (non-hydrogen) atoms. The third kappa shape index (κ3) is 4.18. The maximum atomic E-state index is 13.9. The average molecular weight is 362 g/mol. The first-order valence-electron chi connectivity index (χ1n) is 9.76. The highest BCUT2D eigenvalue weighted by Gasteiger charge is 2.28. The summed E-state index contributed by atoms with van der Waals surface area (Å²) < 4.78 is 25.1. The van der Waals surface area contributed by atoms with E-state index in [1.165, 1.54) is 18.9 Å². The maximum absolute atomic E-state index is 13.9. The number of carbonyl (C=O) groups is 1. The van der Waals surface area contributed by atoms with Crippen molar-refractivity contribution in [1.29, 1.82) is 0 Å². The minimum atomic E-state index is -0.409. The summed E-state index contributed by atoms with van der Waals surface area (Å²) in [5.74, 6) is 0.510. The minimum absolute atomic E-state index is 0.0857. The highest BCUT2D eigenvalue weighted by molar-refractivity contribution is 5.97. The third-order valence-corrected chi connectivity index (χ3v) is 5.53. The van der Waals surface area contributed by atoms with E-state index in [4.69, 9.17) is 9.47 Å². The van der Waals surface area contributed by atoms with Crippen molar-refractivity contribution < 1.29 is 18.7 Å². The first kappa shape index (κ1) is 17.7. The predicted octanol–water partition coefficient (Wildman–Crippen LogP) is 2.83. The number of fused-ring (bicyclic) bond motifs is 1. The Morgan fingerprint density at radius 2 is 1.96 bits per heavy atom. The number of para-hydroxylation sites is 1. The van der Waals surface area contributed by atoms with E-state index in [2.05, 4.69) is 4.90 Å². The van der Waals surface area contributed by atoms with Gasteiger partial charge in [-0.2, -0.15) is 0 Å². The van der Waals surface area contributed by atoms with Gasteiger partial charge in [-0.25, -0.2) is 4.39 Å². The Balaban J connectivity index is 1.22. The molecule has 0 radical (unpaired) electrons. The van der Waals surface area contributed by atoms with E-state index in [1.807, 2.05) is 0 Å². The predicted molar refractivity (Wildman–Crippen MR) is 97.0 cm³/mol. The number of likely N-dealkylation sites (tertiary alicyclic amines) is 1. The summed E-state index contributed by atoms with van der Waals surface area (Å²) in [7, 11) is 0. The summed E-state index contributed by atoms with van der Waals surface area (Å²) in [5, 5.41) is 0. The van der Waals surface area contributed by atoms with Gasteiger partial charge in [0.25, 0.3) is 5.91 Å². The quantitative estimate of drug-likeness (QED) is 0.748. The molecule has 2 fully saturated rings. The Hall–Kier alpha value is -1.66. The van der Waals surface area contributed by atoms with Gasteiger partial charge >= 0.3 is 0 Å². The van der Waals surface area contributed by atoms with Crippen molar-refractivity contribution in [2.75, 3.05) is 44.3 Å². The van der Waals surface area contributed by atoms with Crippen LogP contribution >= 0.6 is 0 Å². The van der Waals surface area contributed by atoms with Gasteiger partial charge in [0.1, 0.15) is 0 Å². The van der Waals surface area contributed by atoms with Crippen LogP contribution in [0, 0.1) is 11.7 Å². The fraction of sp³-hybridized carbons (Fsp3) is 0.650. The first-order valence-corrected chi connectivity index (χ1v) is 9.76. The number of hydrogen-bond donors (Lipinski definition) is 0. The summed E-state index contributed by atoms with van der Waals surface area (Å²) in [5.41, 5.74) is 0.549. The van der Waals surface area contributed by atoms with Crippen LogP contribution in [0.5, 0.6) is 5.75 Å². The van der Waals surface area contributed by atoms with Crippen LogP contribution < -0.4 is 9.64 Å². The van der Waals surface area contributed by atoms with Crippen molar-refractivity contribution in [1.82, 2.24) is 4.90 Å². The normalized spacial score (nSPS) is 21.6. The Kier molecular flexibility index (Phi) is 5.41. The van der Waals surface area contributed by atoms with Crippen molar-refractivity contribution >= 4 is 11.6 Å². The molecule has 0 bridgehead atoms. The van der Waals surface area contributed by atoms with E-state index in [-0.39, 0.29) is 18.3 Å². The molecule has 0 aromatic heterocycles. The molecule has 6 heteroatoms. The van der Waals surface area contributed by atoms with E-state index >= 15 is 0 Å². The monoisotopic (exact) mass is 362 g/mol. The Bertz CT molecular complexity index is 642. The number of hydrogen-bond acceptors (Lipinski definition) is 4. The summed E-state index contributed by atoms with van der Waals surface area (Å²) >= 11 is 0. The minimum Gasteiger partial charge on any atom is -0.478 e. The van der Waals surface area contributed by atoms with Crippen LogP contribution in [0.1, 0.15) is 32.1 Å². The average Bonchev–Trinajstić information content (AvgIpc) is 3.47. The summed E-state index contributed by atoms with van der Waals surface area (Å²) in [6.07, 6.45) is 6.16. The topological polar surface area (TPSA) is 42.0 Å². The molecule has 1 aliphatic carbocycles. The van der Waals surface area contributed by atoms with E-state index < -0.39 is 5.82 Å². The van der Waals surface area contributed by atoms with Crippen molar-refractivity contribution in [2.45, 2.75) is 38.2 Å². The molecule has 1 saturated heterocycles. The van der Waals surface area contributed by atoms with E-state index in [9.17, 15) is 9.18 Å². The molecule has 142 valence electrons. The number of piperidine rings is 1. The Morgan fingerprint density at radius 3 is 2.73 bits per heavy atom. The molecule has 2 aliphatic heterocycles. The zero-order valence-corrected chi connectivity index (χ0v) is 15.2. The van der Waals surface area contributed by atoms with E-state index in [0.29, 0.717) is 18.3 Å². The van der Waals surface area contributed by atoms with Crippen molar-refractivity contribution in [2.24, 2.45) is 5.92 Å². The van der Waals surface area contributed by atoms with Gasteiger partial charge < -0.3 is 19.3 Å². The lowest BCUT2D eigenvalue weighted by Crippen LogP contribution is -2.42. The molecule has 5 nitrogen and oxygen atoms in total. The number of rotatable bonds is 7. The second-order valence-electron chi connectivity index (χ2n) is 7.59. The Morgan fingerprint density at radius 1 is 1.15 bits per heavy atom. The summed E-state index contributed by atoms with van der Waals surface area (Å²) in [6, 6.07) is 4.73. The zero-order valence-electron chi connectivity index (χ0n) is 15.2. The van der Waals surface area contributed by atoms with Crippen LogP contribution in [-0.2, 0) is 9.53 Å². The number of benzene rings is 1. The Labute approximate surface area is 154 Å². The summed E-state index contributed by atoms with van der Waals surface area (Å²) in [6.45, 7) is 4.51. The van der Waals surface area contributed by atoms with Gasteiger partial charge in [0.15, 0.2) is 18.2 Å². The second-order valence-corrected chi connectivity index (χ2v) is 7.59. The lowest BCUT2D eigenvalue weighted by molar-refractivity contribution is -0.121. The molecule has 4 rings (SSSR count). The van der Waals surface area contributed by atoms with E-state index in [0.717, 1.165) is 51.4 Å². The molecular weight excluding hydrogens is 335 g/mol. The van der Waals surface area contributed by atoms with Gasteiger partial charge in [0, 0.05) is 26.2 Å². The molecule has 0 unspecified atom stereocenters. The molecule has 0 N–H and O–H groups in total. The molecular formula is C20H27FN2O3. The van der Waals surface area contributed by atoms with Crippen LogP contribution in [0.3, 0.4) is 0 Å². The molecule has 1 amide bonds. The van der Waals surface area contributed by atoms with Crippen LogP contribution in [-0.4, -0.2) is 56.3 Å². The third-order valence-electron chi connectivity index (χ3n) is 5.53. The van der Waals surface area contributed by atoms with E-state index in [1.54, 1.807) is 17.0 Å². The molecule has 3 aliphatic rings. The molecule has 1 aromatic rings. The van der Waals surface area contributed by atoms with Crippen LogP contribution in [0.25, 0.3) is 0 Å². The number of halogens is 1. The fourth-order valence-electron chi connectivity index (χ4n) is 3.75. The van der Waals surface area contributed by atoms with Crippen LogP contribution in [0.2, 0.25) is 0 Å². The lowest BCUT2D eigenvalue weighted by Gasteiger charge is -2.33. The number of carbonyl (C=O) groups excluding carboxylic acids is 1. The largest absolute Gasteiger partial charge is 0.478 e. The molecule has 1 saturated carbocycles. The van der Waals surface area contributed by atoms with Gasteiger partial charge in [0.2, 0.25) is 0 Å². The van der Waals surface area contributed by atoms with Crippen LogP contribution in [0.4, 0.5) is 10.1 Å². The van der Waals surface area contributed by atoms with Crippen LogP contribution in [0.15, 0.2) is 18.2 Å². The van der Waals surface area contributed by atoms with Gasteiger partial charge in [-0.15, -0.1) is 0 Å². The van der Waals surface area contributed by atoms with Gasteiger partial charge in [0.05, 0.1) is 11.8 Å². The maximum Gasteiger partial charge on any atom is 0.265 e. The number of ether oxygens (including phenoxy) is 2. The number of nitrogens with zero attached hydrogens (tertiary/aromatic N) is 2. The fourth-order valence-corrected chi connectivity index (χ4v) is 3.75. The first-order chi connectivity index (χ1) is 12.7. The SMILES string of the molecule is O=C1COc2c(F)cccc2N1CCCN1CCC(OCC2CC2)CC1. The molecule has 0 atom stereocenters. The highest BCUT2D eigenvalue weighted by atomic mass is 19.1. The van der Waals surface area contributed by atoms with Crippen molar-refractivity contribution in [3.05, 3.63) is 24.0 Å². The van der Waals surface area contributed by atoms with Gasteiger partial charge in [-0.3, -0.25) is 4.79 Å². The second kappa shape index (κ2) is 7.92. The highest BCUT2D eigenvalue weighted by Crippen LogP contribution is 2.34. The smallest absolute Gasteiger partial charge is 0.265 e. The van der Waals surface area contributed by atoms with Crippen molar-refractivity contribution in [3.63, 3.8) is 0 Å². The zero-order chi connectivity index (χ0) is 17.9. The van der Waals surface area contributed by atoms with Gasteiger partial charge in [-0.05, 0) is 56.7 Å². The lowest BCUT2D eigenvalue weighted by atomic mass is 10.1. The van der Waals surface area contributed by atoms with Gasteiger partial charge in [-0.1, -0.05) is 6.07 Å². The number of amides is 1. The standard InChI is InChI=1S/C20H27FN2O3/c21-17-3-1-4-18-20(17)26-14-19(24)23(18)10-2-9-22-11-7-16(8-12-22)25-13-15-5-6-15/h1,3-4,15-16H,2,5-14H2. The molecule has 2 heterocycles. The molecule has 1 aromatic carbocycles.